The molecule has 0 aromatic carbocycles. The minimum Gasteiger partial charge on any atom is -0.384 e. The van der Waals surface area contributed by atoms with Crippen LogP contribution < -0.4 is 5.32 Å². The Morgan fingerprint density at radius 2 is 2.00 bits per heavy atom. The van der Waals surface area contributed by atoms with Gasteiger partial charge in [-0.05, 0) is 55.3 Å². The van der Waals surface area contributed by atoms with Gasteiger partial charge in [-0.25, -0.2) is 0 Å². The van der Waals surface area contributed by atoms with Gasteiger partial charge in [-0.2, -0.15) is 0 Å². The molecule has 2 heteroatoms. The molecule has 0 aromatic heterocycles. The predicted molar refractivity (Wildman–Crippen MR) is 69.9 cm³/mol. The molecule has 0 saturated heterocycles. The van der Waals surface area contributed by atoms with Crippen LogP contribution in [-0.4, -0.2) is 26.3 Å². The van der Waals surface area contributed by atoms with Crippen LogP contribution >= 0.6 is 0 Å². The minimum absolute atomic E-state index is 0.651. The van der Waals surface area contributed by atoms with Gasteiger partial charge >= 0.3 is 0 Å². The maximum absolute atomic E-state index is 5.21. The summed E-state index contributed by atoms with van der Waals surface area (Å²) in [6, 6.07) is 0.832. The first kappa shape index (κ1) is 12.0. The van der Waals surface area contributed by atoms with E-state index in [9.17, 15) is 0 Å². The SMILES string of the molecule is COCC(C)CNC1CC2CC1C1CCCC21. The van der Waals surface area contributed by atoms with Crippen molar-refractivity contribution in [3.05, 3.63) is 0 Å². The Hall–Kier alpha value is -0.0800. The fourth-order valence-corrected chi connectivity index (χ4v) is 5.00. The molecule has 2 nitrogen and oxygen atoms in total. The summed E-state index contributed by atoms with van der Waals surface area (Å²) in [5.74, 6) is 4.95. The second-order valence-corrected chi connectivity index (χ2v) is 6.73. The highest BCUT2D eigenvalue weighted by Crippen LogP contribution is 2.58. The average Bonchev–Trinajstić information content (AvgIpc) is 2.98. The molecule has 6 unspecified atom stereocenters. The van der Waals surface area contributed by atoms with E-state index in [1.165, 1.54) is 25.7 Å². The van der Waals surface area contributed by atoms with Gasteiger partial charge in [-0.15, -0.1) is 0 Å². The van der Waals surface area contributed by atoms with E-state index in [0.29, 0.717) is 5.92 Å². The topological polar surface area (TPSA) is 21.3 Å². The fraction of sp³-hybridized carbons (Fsp3) is 1.00. The summed E-state index contributed by atoms with van der Waals surface area (Å²) in [6.07, 6.45) is 7.57. The summed E-state index contributed by atoms with van der Waals surface area (Å²) in [4.78, 5) is 0. The zero-order valence-electron chi connectivity index (χ0n) is 11.3. The van der Waals surface area contributed by atoms with Gasteiger partial charge in [0.05, 0.1) is 0 Å². The molecule has 6 atom stereocenters. The molecule has 0 spiro atoms. The van der Waals surface area contributed by atoms with Crippen molar-refractivity contribution in [2.45, 2.75) is 45.1 Å². The van der Waals surface area contributed by atoms with E-state index < -0.39 is 0 Å². The average molecular weight is 237 g/mol. The van der Waals surface area contributed by atoms with E-state index in [2.05, 4.69) is 12.2 Å². The molecule has 3 aliphatic carbocycles. The molecule has 0 amide bonds. The number of fused-ring (bicyclic) bond motifs is 5. The van der Waals surface area contributed by atoms with Crippen molar-refractivity contribution in [2.75, 3.05) is 20.3 Å². The van der Waals surface area contributed by atoms with E-state index in [-0.39, 0.29) is 0 Å². The van der Waals surface area contributed by atoms with E-state index >= 15 is 0 Å². The fourth-order valence-electron chi connectivity index (χ4n) is 5.00. The molecule has 2 bridgehead atoms. The third kappa shape index (κ3) is 2.15. The van der Waals surface area contributed by atoms with Gasteiger partial charge in [-0.1, -0.05) is 13.3 Å². The smallest absolute Gasteiger partial charge is 0.0499 e. The Balaban J connectivity index is 1.50. The van der Waals surface area contributed by atoms with Crippen LogP contribution in [-0.2, 0) is 4.74 Å². The van der Waals surface area contributed by atoms with Gasteiger partial charge in [0.25, 0.3) is 0 Å². The molecule has 0 heterocycles. The molecule has 0 radical (unpaired) electrons. The predicted octanol–water partition coefficient (Wildman–Crippen LogP) is 2.68. The molecule has 3 rings (SSSR count). The minimum atomic E-state index is 0.651. The number of hydrogen-bond donors (Lipinski definition) is 1. The summed E-state index contributed by atoms with van der Waals surface area (Å²) < 4.78 is 5.21. The first-order chi connectivity index (χ1) is 8.29. The van der Waals surface area contributed by atoms with Gasteiger partial charge < -0.3 is 10.1 Å². The van der Waals surface area contributed by atoms with Crippen LogP contribution in [0.2, 0.25) is 0 Å². The van der Waals surface area contributed by atoms with Crippen molar-refractivity contribution in [1.82, 2.24) is 5.32 Å². The number of ether oxygens (including phenoxy) is 1. The maximum atomic E-state index is 5.21. The third-order valence-corrected chi connectivity index (χ3v) is 5.61. The Bertz CT molecular complexity index is 268. The zero-order valence-corrected chi connectivity index (χ0v) is 11.3. The molecule has 98 valence electrons. The molecule has 3 aliphatic rings. The summed E-state index contributed by atoms with van der Waals surface area (Å²) in [5, 5.41) is 3.83. The van der Waals surface area contributed by atoms with E-state index in [1.807, 2.05) is 0 Å². The summed E-state index contributed by atoms with van der Waals surface area (Å²) in [5.41, 5.74) is 0. The Morgan fingerprint density at radius 1 is 1.18 bits per heavy atom. The highest BCUT2D eigenvalue weighted by molar-refractivity contribution is 5.05. The number of hydrogen-bond acceptors (Lipinski definition) is 2. The molecule has 3 saturated carbocycles. The molecule has 17 heavy (non-hydrogen) atoms. The lowest BCUT2D eigenvalue weighted by Gasteiger charge is -2.32. The highest BCUT2D eigenvalue weighted by atomic mass is 16.5. The van der Waals surface area contributed by atoms with Crippen molar-refractivity contribution < 1.29 is 4.74 Å². The Labute approximate surface area is 105 Å². The highest BCUT2D eigenvalue weighted by Gasteiger charge is 2.53. The third-order valence-electron chi connectivity index (χ3n) is 5.61. The van der Waals surface area contributed by atoms with Crippen molar-refractivity contribution >= 4 is 0 Å². The Kier molecular flexibility index (Phi) is 3.45. The second kappa shape index (κ2) is 4.89. The van der Waals surface area contributed by atoms with Crippen LogP contribution in [0, 0.1) is 29.6 Å². The summed E-state index contributed by atoms with van der Waals surface area (Å²) >= 11 is 0. The van der Waals surface area contributed by atoms with Gasteiger partial charge in [0, 0.05) is 26.3 Å². The van der Waals surface area contributed by atoms with Crippen LogP contribution in [0.15, 0.2) is 0 Å². The van der Waals surface area contributed by atoms with Crippen molar-refractivity contribution in [2.24, 2.45) is 29.6 Å². The Morgan fingerprint density at radius 3 is 2.82 bits per heavy atom. The van der Waals surface area contributed by atoms with Crippen LogP contribution in [0.5, 0.6) is 0 Å². The van der Waals surface area contributed by atoms with Gasteiger partial charge in [0.15, 0.2) is 0 Å². The van der Waals surface area contributed by atoms with Gasteiger partial charge in [0.2, 0.25) is 0 Å². The van der Waals surface area contributed by atoms with Crippen LogP contribution in [0.3, 0.4) is 0 Å². The first-order valence-corrected chi connectivity index (χ1v) is 7.52. The zero-order chi connectivity index (χ0) is 11.8. The van der Waals surface area contributed by atoms with Gasteiger partial charge in [0.1, 0.15) is 0 Å². The lowest BCUT2D eigenvalue weighted by atomic mass is 9.79. The monoisotopic (exact) mass is 237 g/mol. The van der Waals surface area contributed by atoms with E-state index in [1.54, 1.807) is 13.5 Å². The normalized spacial score (nSPS) is 45.2. The maximum Gasteiger partial charge on any atom is 0.0499 e. The lowest BCUT2D eigenvalue weighted by Crippen LogP contribution is -2.41. The molecular weight excluding hydrogens is 210 g/mol. The number of methoxy groups -OCH3 is 1. The van der Waals surface area contributed by atoms with Crippen molar-refractivity contribution in [1.29, 1.82) is 0 Å². The van der Waals surface area contributed by atoms with Crippen molar-refractivity contribution in [3.8, 4) is 0 Å². The summed E-state index contributed by atoms with van der Waals surface area (Å²) in [7, 11) is 1.80. The summed E-state index contributed by atoms with van der Waals surface area (Å²) in [6.45, 7) is 4.31. The number of rotatable bonds is 5. The van der Waals surface area contributed by atoms with Crippen LogP contribution in [0.25, 0.3) is 0 Å². The first-order valence-electron chi connectivity index (χ1n) is 7.52. The standard InChI is InChI=1S/C15H27NO/c1-10(9-17-2)8-16-15-7-11-6-14(15)13-5-3-4-12(11)13/h10-16H,3-9H2,1-2H3. The molecule has 0 aliphatic heterocycles. The molecular formula is C15H27NO. The van der Waals surface area contributed by atoms with E-state index in [0.717, 1.165) is 42.9 Å². The largest absolute Gasteiger partial charge is 0.384 e. The van der Waals surface area contributed by atoms with Crippen LogP contribution in [0.1, 0.15) is 39.0 Å². The quantitative estimate of drug-likeness (QED) is 0.794. The van der Waals surface area contributed by atoms with E-state index in [4.69, 9.17) is 4.74 Å². The van der Waals surface area contributed by atoms with Crippen molar-refractivity contribution in [3.63, 3.8) is 0 Å². The molecule has 0 aromatic rings. The van der Waals surface area contributed by atoms with Crippen LogP contribution in [0.4, 0.5) is 0 Å². The second-order valence-electron chi connectivity index (χ2n) is 6.73. The molecule has 1 N–H and O–H groups in total. The molecule has 3 fully saturated rings. The van der Waals surface area contributed by atoms with Gasteiger partial charge in [-0.3, -0.25) is 0 Å². The number of nitrogens with one attached hydrogen (secondary N) is 1. The lowest BCUT2D eigenvalue weighted by molar-refractivity contribution is 0.148.